The van der Waals surface area contributed by atoms with E-state index >= 15 is 0 Å². The molecule has 3 amide bonds. The first kappa shape index (κ1) is 19.6. The number of hydrazone groups is 1. The molecule has 1 aromatic carbocycles. The van der Waals surface area contributed by atoms with Crippen molar-refractivity contribution in [2.75, 3.05) is 28.3 Å². The van der Waals surface area contributed by atoms with Crippen LogP contribution in [0.1, 0.15) is 32.1 Å². The molecule has 1 N–H and O–H groups in total. The van der Waals surface area contributed by atoms with Gasteiger partial charge in [-0.3, -0.25) is 14.4 Å². The summed E-state index contributed by atoms with van der Waals surface area (Å²) in [4.78, 5) is 38.3. The fourth-order valence-electron chi connectivity index (χ4n) is 3.84. The Bertz CT molecular complexity index is 986. The van der Waals surface area contributed by atoms with E-state index in [2.05, 4.69) is 10.4 Å². The van der Waals surface area contributed by atoms with E-state index in [1.54, 1.807) is 29.2 Å². The van der Waals surface area contributed by atoms with Crippen LogP contribution < -0.4 is 10.2 Å². The molecule has 3 aliphatic rings. The van der Waals surface area contributed by atoms with Gasteiger partial charge in [-0.1, -0.05) is 0 Å². The highest BCUT2D eigenvalue weighted by Crippen LogP contribution is 2.24. The van der Waals surface area contributed by atoms with Gasteiger partial charge >= 0.3 is 0 Å². The zero-order valence-corrected chi connectivity index (χ0v) is 16.7. The standard InChI is InChI=1S/C19H22N4O5S/c24-17-2-1-10-22(17)14-5-3-13(4-6-14)20-19(26)16-7-8-18(25)23(21-16)15-9-11-29(27,28)12-15/h3-6,15H,1-2,7-12H2,(H,20,26)/t15-/m1/s1. The SMILES string of the molecule is O=C(Nc1ccc(N2CCCC2=O)cc1)C1=NN([C@@H]2CCS(=O)(=O)C2)C(=O)CC1. The van der Waals surface area contributed by atoms with E-state index in [0.717, 1.165) is 12.1 Å². The Balaban J connectivity index is 1.44. The van der Waals surface area contributed by atoms with Gasteiger partial charge in [-0.25, -0.2) is 13.4 Å². The summed E-state index contributed by atoms with van der Waals surface area (Å²) in [5.74, 6) is -0.674. The number of rotatable bonds is 4. The summed E-state index contributed by atoms with van der Waals surface area (Å²) in [5.41, 5.74) is 1.55. The predicted molar refractivity (Wildman–Crippen MR) is 107 cm³/mol. The van der Waals surface area contributed by atoms with Crippen LogP contribution in [0.25, 0.3) is 0 Å². The molecule has 4 rings (SSSR count). The molecule has 0 unspecified atom stereocenters. The molecule has 0 aromatic heterocycles. The van der Waals surface area contributed by atoms with Gasteiger partial charge in [0, 0.05) is 37.2 Å². The fraction of sp³-hybridized carbons (Fsp3) is 0.474. The lowest BCUT2D eigenvalue weighted by Crippen LogP contribution is -2.42. The van der Waals surface area contributed by atoms with Crippen LogP contribution in [0.15, 0.2) is 29.4 Å². The molecule has 1 atom stereocenters. The maximum absolute atomic E-state index is 12.6. The van der Waals surface area contributed by atoms with E-state index in [4.69, 9.17) is 0 Å². The molecule has 154 valence electrons. The summed E-state index contributed by atoms with van der Waals surface area (Å²) < 4.78 is 23.4. The van der Waals surface area contributed by atoms with E-state index in [-0.39, 0.29) is 41.9 Å². The quantitative estimate of drug-likeness (QED) is 0.780. The van der Waals surface area contributed by atoms with E-state index in [1.165, 1.54) is 5.01 Å². The van der Waals surface area contributed by atoms with Crippen molar-refractivity contribution in [1.82, 2.24) is 5.01 Å². The molecule has 3 aliphatic heterocycles. The van der Waals surface area contributed by atoms with Crippen molar-refractivity contribution in [2.45, 2.75) is 38.1 Å². The molecule has 0 aliphatic carbocycles. The molecule has 1 aromatic rings. The summed E-state index contributed by atoms with van der Waals surface area (Å²) >= 11 is 0. The zero-order valence-electron chi connectivity index (χ0n) is 15.8. The second-order valence-corrected chi connectivity index (χ2v) is 9.72. The maximum Gasteiger partial charge on any atom is 0.271 e. The average Bonchev–Trinajstić information content (AvgIpc) is 3.27. The molecule has 0 bridgehead atoms. The lowest BCUT2D eigenvalue weighted by molar-refractivity contribution is -0.133. The number of sulfone groups is 1. The first-order chi connectivity index (χ1) is 13.8. The molecule has 0 saturated carbocycles. The van der Waals surface area contributed by atoms with Gasteiger partial charge in [0.15, 0.2) is 9.84 Å². The molecule has 0 radical (unpaired) electrons. The maximum atomic E-state index is 12.6. The highest BCUT2D eigenvalue weighted by molar-refractivity contribution is 7.91. The highest BCUT2D eigenvalue weighted by Gasteiger charge is 2.37. The second-order valence-electron chi connectivity index (χ2n) is 7.49. The minimum atomic E-state index is -3.16. The van der Waals surface area contributed by atoms with E-state index in [1.807, 2.05) is 0 Å². The summed E-state index contributed by atoms with van der Waals surface area (Å²) in [7, 11) is -3.16. The van der Waals surface area contributed by atoms with Crippen molar-refractivity contribution in [3.63, 3.8) is 0 Å². The number of nitrogens with one attached hydrogen (secondary N) is 1. The van der Waals surface area contributed by atoms with E-state index < -0.39 is 21.8 Å². The third kappa shape index (κ3) is 4.16. The largest absolute Gasteiger partial charge is 0.321 e. The van der Waals surface area contributed by atoms with Gasteiger partial charge in [0.2, 0.25) is 11.8 Å². The van der Waals surface area contributed by atoms with Crippen LogP contribution in [-0.4, -0.2) is 61.0 Å². The van der Waals surface area contributed by atoms with Crippen LogP contribution >= 0.6 is 0 Å². The second kappa shape index (κ2) is 7.58. The Labute approximate surface area is 168 Å². The van der Waals surface area contributed by atoms with Crippen molar-refractivity contribution in [3.8, 4) is 0 Å². The lowest BCUT2D eigenvalue weighted by Gasteiger charge is -2.27. The van der Waals surface area contributed by atoms with Crippen LogP contribution in [0.5, 0.6) is 0 Å². The number of amides is 3. The normalized spacial score (nSPS) is 24.0. The summed E-state index contributed by atoms with van der Waals surface area (Å²) in [6.45, 7) is 0.697. The Morgan fingerprint density at radius 1 is 1.07 bits per heavy atom. The number of benzene rings is 1. The molecule has 9 nitrogen and oxygen atoms in total. The Kier molecular flexibility index (Phi) is 5.12. The average molecular weight is 418 g/mol. The third-order valence-corrected chi connectivity index (χ3v) is 7.14. The van der Waals surface area contributed by atoms with Crippen LogP contribution in [-0.2, 0) is 24.2 Å². The van der Waals surface area contributed by atoms with Gasteiger partial charge in [0.1, 0.15) is 5.71 Å². The molecular formula is C19H22N4O5S. The minimum absolute atomic E-state index is 0.0321. The van der Waals surface area contributed by atoms with Gasteiger partial charge in [-0.15, -0.1) is 0 Å². The number of anilines is 2. The summed E-state index contributed by atoms with van der Waals surface area (Å²) in [6.07, 6.45) is 2.06. The Morgan fingerprint density at radius 3 is 2.45 bits per heavy atom. The topological polar surface area (TPSA) is 116 Å². The van der Waals surface area contributed by atoms with Crippen molar-refractivity contribution in [3.05, 3.63) is 24.3 Å². The molecule has 2 saturated heterocycles. The molecule has 0 spiro atoms. The monoisotopic (exact) mass is 418 g/mol. The van der Waals surface area contributed by atoms with Crippen molar-refractivity contribution in [1.29, 1.82) is 0 Å². The zero-order chi connectivity index (χ0) is 20.6. The minimum Gasteiger partial charge on any atom is -0.321 e. The fourth-order valence-corrected chi connectivity index (χ4v) is 5.53. The van der Waals surface area contributed by atoms with Crippen molar-refractivity contribution < 1.29 is 22.8 Å². The summed E-state index contributed by atoms with van der Waals surface area (Å²) in [5, 5.41) is 8.09. The van der Waals surface area contributed by atoms with Gasteiger partial charge in [0.25, 0.3) is 5.91 Å². The van der Waals surface area contributed by atoms with Gasteiger partial charge in [-0.05, 0) is 37.1 Å². The third-order valence-electron chi connectivity index (χ3n) is 5.39. The van der Waals surface area contributed by atoms with E-state index in [0.29, 0.717) is 25.1 Å². The van der Waals surface area contributed by atoms with Crippen LogP contribution in [0.4, 0.5) is 11.4 Å². The first-order valence-electron chi connectivity index (χ1n) is 9.64. The molecule has 29 heavy (non-hydrogen) atoms. The number of carbonyl (C=O) groups is 3. The molecular weight excluding hydrogens is 396 g/mol. The van der Waals surface area contributed by atoms with E-state index in [9.17, 15) is 22.8 Å². The van der Waals surface area contributed by atoms with Crippen LogP contribution in [0.2, 0.25) is 0 Å². The smallest absolute Gasteiger partial charge is 0.271 e. The van der Waals surface area contributed by atoms with Gasteiger partial charge < -0.3 is 10.2 Å². The Hall–Kier alpha value is -2.75. The van der Waals surface area contributed by atoms with Gasteiger partial charge in [0.05, 0.1) is 17.5 Å². The van der Waals surface area contributed by atoms with Gasteiger partial charge in [-0.2, -0.15) is 5.10 Å². The summed E-state index contributed by atoms with van der Waals surface area (Å²) in [6, 6.07) is 6.48. The van der Waals surface area contributed by atoms with Crippen LogP contribution in [0, 0.1) is 0 Å². The number of hydrogen-bond donors (Lipinski definition) is 1. The predicted octanol–water partition coefficient (Wildman–Crippen LogP) is 0.917. The van der Waals surface area contributed by atoms with Crippen LogP contribution in [0.3, 0.4) is 0 Å². The molecule has 2 fully saturated rings. The number of nitrogens with zero attached hydrogens (tertiary/aromatic N) is 3. The van der Waals surface area contributed by atoms with Crippen molar-refractivity contribution in [2.24, 2.45) is 5.10 Å². The van der Waals surface area contributed by atoms with Crippen molar-refractivity contribution >= 4 is 44.6 Å². The molecule has 3 heterocycles. The first-order valence-corrected chi connectivity index (χ1v) is 11.5. The number of hydrogen-bond acceptors (Lipinski definition) is 6. The lowest BCUT2D eigenvalue weighted by atomic mass is 10.1. The highest BCUT2D eigenvalue weighted by atomic mass is 32.2. The Morgan fingerprint density at radius 2 is 1.83 bits per heavy atom. The molecule has 10 heteroatoms. The number of carbonyl (C=O) groups excluding carboxylic acids is 3.